The van der Waals surface area contributed by atoms with Crippen molar-refractivity contribution in [1.82, 2.24) is 5.32 Å². The Labute approximate surface area is 467 Å². The molecule has 9 nitrogen and oxygen atoms in total. The van der Waals surface area contributed by atoms with Crippen LogP contribution in [-0.4, -0.2) is 74.3 Å². The fraction of sp³-hybridized carbons (Fsp3) is 0.667. The van der Waals surface area contributed by atoms with Gasteiger partial charge < -0.3 is 19.4 Å². The number of phosphoric acid groups is 1. The van der Waals surface area contributed by atoms with Crippen molar-refractivity contribution in [1.29, 1.82) is 0 Å². The lowest BCUT2D eigenvalue weighted by atomic mass is 10.1. The SMILES string of the molecule is CC/C=C\C/C=C\C/C=C\C/C=C\C/C=C\CCCCCC(=O)OC(/C=C/CCCCCCCCCCCC)C(COP(=O)(O)OCC[N+](C)(C)C)NC(=O)CCCCC/C=C\C/C=C\C/C=C\C/C=C\CCCCC. The van der Waals surface area contributed by atoms with Crippen LogP contribution < -0.4 is 5.32 Å². The van der Waals surface area contributed by atoms with Gasteiger partial charge in [0.15, 0.2) is 0 Å². The average molecular weight is 1080 g/mol. The number of esters is 1. The van der Waals surface area contributed by atoms with E-state index < -0.39 is 20.0 Å². The number of carbonyl (C=O) groups excluding carboxylic acids is 2. The van der Waals surface area contributed by atoms with Crippen LogP contribution >= 0.6 is 7.82 Å². The molecule has 2 N–H and O–H groups in total. The molecule has 434 valence electrons. The first-order valence-corrected chi connectivity index (χ1v) is 31.9. The number of quaternary nitrogens is 1. The molecule has 0 bridgehead atoms. The third-order valence-corrected chi connectivity index (χ3v) is 13.6. The number of nitrogens with zero attached hydrogens (tertiary/aromatic N) is 1. The van der Waals surface area contributed by atoms with Crippen LogP contribution in [0.1, 0.15) is 233 Å². The van der Waals surface area contributed by atoms with Crippen LogP contribution in [0.15, 0.2) is 122 Å². The number of carbonyl (C=O) groups is 2. The smallest absolute Gasteiger partial charge is 0.456 e. The summed E-state index contributed by atoms with van der Waals surface area (Å²) < 4.78 is 30.6. The summed E-state index contributed by atoms with van der Waals surface area (Å²) in [5.74, 6) is -0.588. The van der Waals surface area contributed by atoms with Crippen molar-refractivity contribution >= 4 is 19.7 Å². The summed E-state index contributed by atoms with van der Waals surface area (Å²) in [6.45, 7) is 6.80. The van der Waals surface area contributed by atoms with Crippen LogP contribution in [0.25, 0.3) is 0 Å². The molecular weight excluding hydrogens is 964 g/mol. The number of phosphoric ester groups is 1. The Morgan fingerprint density at radius 2 is 0.842 bits per heavy atom. The molecule has 0 spiro atoms. The molecule has 0 aliphatic heterocycles. The van der Waals surface area contributed by atoms with Crippen molar-refractivity contribution in [3.05, 3.63) is 122 Å². The van der Waals surface area contributed by atoms with Crippen LogP contribution in [0.4, 0.5) is 0 Å². The molecule has 3 unspecified atom stereocenters. The van der Waals surface area contributed by atoms with E-state index in [1.165, 1.54) is 77.0 Å². The van der Waals surface area contributed by atoms with Crippen molar-refractivity contribution in [2.45, 2.75) is 245 Å². The van der Waals surface area contributed by atoms with Crippen molar-refractivity contribution in [3.63, 3.8) is 0 Å². The molecule has 0 rings (SSSR count). The molecule has 3 atom stereocenters. The van der Waals surface area contributed by atoms with Gasteiger partial charge in [-0.2, -0.15) is 0 Å². The molecule has 0 aromatic heterocycles. The molecule has 0 radical (unpaired) electrons. The van der Waals surface area contributed by atoms with Gasteiger partial charge in [0.1, 0.15) is 19.3 Å². The van der Waals surface area contributed by atoms with Crippen molar-refractivity contribution < 1.29 is 37.3 Å². The van der Waals surface area contributed by atoms with E-state index in [4.69, 9.17) is 13.8 Å². The minimum Gasteiger partial charge on any atom is -0.456 e. The molecule has 0 aliphatic rings. The Morgan fingerprint density at radius 3 is 1.29 bits per heavy atom. The normalized spacial score (nSPS) is 14.6. The summed E-state index contributed by atoms with van der Waals surface area (Å²) >= 11 is 0. The number of hydrogen-bond donors (Lipinski definition) is 2. The van der Waals surface area contributed by atoms with E-state index in [2.05, 4.69) is 135 Å². The number of nitrogens with one attached hydrogen (secondary N) is 1. The summed E-state index contributed by atoms with van der Waals surface area (Å²) in [6.07, 6.45) is 76.2. The standard InChI is InChI=1S/C66H113N2O7P/c1-7-10-13-16-19-22-25-28-30-32-34-36-38-40-43-46-49-52-55-58-65(69)67-63(62-74-76(71,72)73-61-60-68(4,5)6)64(57-54-51-48-45-42-27-24-21-18-15-12-9-3)75-66(70)59-56-53-50-47-44-41-39-37-35-33-31-29-26-23-20-17-14-11-8-2/h11,14,19-20,22-23,28-31,34-37,40-41,43-44,54,57,63-64H,7-10,12-13,15-18,21,24-27,32-33,38-39,42,45-53,55-56,58-62H2,1-6H3,(H-,67,69,71,72)/p+1/b14-11-,22-19-,23-20-,30-28-,31-29-,36-34-,37-35-,43-40-,44-41-,57-54+. The van der Waals surface area contributed by atoms with Crippen LogP contribution in [-0.2, 0) is 27.9 Å². The second-order valence-corrected chi connectivity index (χ2v) is 22.6. The van der Waals surface area contributed by atoms with E-state index in [9.17, 15) is 19.0 Å². The van der Waals surface area contributed by atoms with Gasteiger partial charge in [0.2, 0.25) is 5.91 Å². The van der Waals surface area contributed by atoms with Crippen LogP contribution in [0.2, 0.25) is 0 Å². The van der Waals surface area contributed by atoms with E-state index in [1.807, 2.05) is 33.3 Å². The number of hydrogen-bond acceptors (Lipinski definition) is 6. The fourth-order valence-corrected chi connectivity index (χ4v) is 8.68. The van der Waals surface area contributed by atoms with Gasteiger partial charge in [0.25, 0.3) is 0 Å². The van der Waals surface area contributed by atoms with Gasteiger partial charge in [0, 0.05) is 12.8 Å². The maximum atomic E-state index is 13.5. The molecule has 0 fully saturated rings. The molecule has 0 aliphatic carbocycles. The second-order valence-electron chi connectivity index (χ2n) is 21.1. The number of unbranched alkanes of at least 4 members (excludes halogenated alkanes) is 19. The lowest BCUT2D eigenvalue weighted by Crippen LogP contribution is -2.47. The second kappa shape index (κ2) is 54.8. The number of rotatable bonds is 53. The molecular formula is C66H114N2O7P+. The lowest BCUT2D eigenvalue weighted by Gasteiger charge is -2.27. The summed E-state index contributed by atoms with van der Waals surface area (Å²) in [6, 6.07) is -0.887. The maximum Gasteiger partial charge on any atom is 0.472 e. The zero-order valence-corrected chi connectivity index (χ0v) is 50.3. The third-order valence-electron chi connectivity index (χ3n) is 12.6. The number of likely N-dealkylation sites (N-methyl/N-ethyl adjacent to an activating group) is 1. The highest BCUT2D eigenvalue weighted by atomic mass is 31.2. The minimum atomic E-state index is -4.47. The van der Waals surface area contributed by atoms with Gasteiger partial charge in [0.05, 0.1) is 33.8 Å². The summed E-state index contributed by atoms with van der Waals surface area (Å²) in [4.78, 5) is 37.7. The number of ether oxygens (including phenoxy) is 1. The van der Waals surface area contributed by atoms with Gasteiger partial charge >= 0.3 is 13.8 Å². The first-order valence-electron chi connectivity index (χ1n) is 30.4. The van der Waals surface area contributed by atoms with Crippen molar-refractivity contribution in [2.24, 2.45) is 0 Å². The first kappa shape index (κ1) is 72.4. The Hall–Kier alpha value is -3.59. The number of amides is 1. The van der Waals surface area contributed by atoms with Crippen molar-refractivity contribution in [3.8, 4) is 0 Å². The monoisotopic (exact) mass is 1080 g/mol. The molecule has 0 aromatic rings. The van der Waals surface area contributed by atoms with Gasteiger partial charge in [-0.1, -0.05) is 220 Å². The van der Waals surface area contributed by atoms with Crippen LogP contribution in [0, 0.1) is 0 Å². The highest BCUT2D eigenvalue weighted by Gasteiger charge is 2.30. The van der Waals surface area contributed by atoms with Crippen molar-refractivity contribution in [2.75, 3.05) is 40.9 Å². The molecule has 0 heterocycles. The van der Waals surface area contributed by atoms with E-state index in [0.29, 0.717) is 23.9 Å². The molecule has 0 saturated carbocycles. The maximum absolute atomic E-state index is 13.5. The highest BCUT2D eigenvalue weighted by molar-refractivity contribution is 7.47. The summed E-state index contributed by atoms with van der Waals surface area (Å²) in [5, 5.41) is 3.02. The third kappa shape index (κ3) is 55.2. The minimum absolute atomic E-state index is 0.0214. The summed E-state index contributed by atoms with van der Waals surface area (Å²) in [7, 11) is 1.44. The molecule has 0 aromatic carbocycles. The fourth-order valence-electron chi connectivity index (χ4n) is 7.95. The predicted molar refractivity (Wildman–Crippen MR) is 327 cm³/mol. The van der Waals surface area contributed by atoms with E-state index in [0.717, 1.165) is 109 Å². The van der Waals surface area contributed by atoms with Crippen LogP contribution in [0.5, 0.6) is 0 Å². The lowest BCUT2D eigenvalue weighted by molar-refractivity contribution is -0.870. The highest BCUT2D eigenvalue weighted by Crippen LogP contribution is 2.43. The molecule has 10 heteroatoms. The molecule has 0 saturated heterocycles. The zero-order chi connectivity index (χ0) is 55.7. The Bertz CT molecular complexity index is 1720. The molecule has 1 amide bonds. The molecule has 76 heavy (non-hydrogen) atoms. The van der Waals surface area contributed by atoms with E-state index >= 15 is 0 Å². The predicted octanol–water partition coefficient (Wildman–Crippen LogP) is 18.7. The average Bonchev–Trinajstić information content (AvgIpc) is 3.38. The van der Waals surface area contributed by atoms with Gasteiger partial charge in [-0.05, 0) is 122 Å². The van der Waals surface area contributed by atoms with Gasteiger partial charge in [-0.25, -0.2) is 4.57 Å². The summed E-state index contributed by atoms with van der Waals surface area (Å²) in [5.41, 5.74) is 0. The van der Waals surface area contributed by atoms with E-state index in [1.54, 1.807) is 0 Å². The Kier molecular flexibility index (Phi) is 52.2. The van der Waals surface area contributed by atoms with Gasteiger partial charge in [-0.15, -0.1) is 0 Å². The largest absolute Gasteiger partial charge is 0.472 e. The van der Waals surface area contributed by atoms with E-state index in [-0.39, 0.29) is 37.9 Å². The zero-order valence-electron chi connectivity index (χ0n) is 49.4. The van der Waals surface area contributed by atoms with Gasteiger partial charge in [-0.3, -0.25) is 18.6 Å². The number of allylic oxidation sites excluding steroid dienone is 19. The Balaban J connectivity index is 5.43. The van der Waals surface area contributed by atoms with Crippen LogP contribution in [0.3, 0.4) is 0 Å². The first-order chi connectivity index (χ1) is 36.9. The quantitative estimate of drug-likeness (QED) is 0.0205. The topological polar surface area (TPSA) is 111 Å². The Morgan fingerprint density at radius 1 is 0.474 bits per heavy atom.